The van der Waals surface area contributed by atoms with Gasteiger partial charge in [-0.15, -0.1) is 0 Å². The molecular formula is C16H20N4O2. The van der Waals surface area contributed by atoms with Crippen LogP contribution in [0.2, 0.25) is 0 Å². The van der Waals surface area contributed by atoms with Crippen LogP contribution in [0, 0.1) is 5.92 Å². The molecule has 0 unspecified atom stereocenters. The molecule has 0 spiro atoms. The van der Waals surface area contributed by atoms with E-state index in [0.717, 1.165) is 5.56 Å². The lowest BCUT2D eigenvalue weighted by Gasteiger charge is -2.08. The number of hydrogen-bond donors (Lipinski definition) is 1. The second kappa shape index (κ2) is 7.15. The van der Waals surface area contributed by atoms with Gasteiger partial charge in [0.25, 0.3) is 5.89 Å². The second-order valence-electron chi connectivity index (χ2n) is 5.71. The molecule has 0 aliphatic heterocycles. The molecule has 6 nitrogen and oxygen atoms in total. The highest BCUT2D eigenvalue weighted by Gasteiger charge is 2.18. The number of carbonyl (C=O) groups excluding carboxylic acids is 1. The van der Waals surface area contributed by atoms with Gasteiger partial charge in [0.15, 0.2) is 5.82 Å². The van der Waals surface area contributed by atoms with Gasteiger partial charge in [0.1, 0.15) is 0 Å². The third kappa shape index (κ3) is 3.90. The SMILES string of the molecule is O=C(CC1CCCC1)NCCc1noc(-c2ccncc2)n1. The lowest BCUT2D eigenvalue weighted by Crippen LogP contribution is -2.27. The van der Waals surface area contributed by atoms with E-state index in [4.69, 9.17) is 4.52 Å². The monoisotopic (exact) mass is 300 g/mol. The number of amides is 1. The van der Waals surface area contributed by atoms with Gasteiger partial charge in [-0.1, -0.05) is 18.0 Å². The molecule has 1 fully saturated rings. The zero-order valence-corrected chi connectivity index (χ0v) is 12.5. The fraction of sp³-hybridized carbons (Fsp3) is 0.500. The Labute approximate surface area is 129 Å². The van der Waals surface area contributed by atoms with Crippen molar-refractivity contribution in [1.29, 1.82) is 0 Å². The van der Waals surface area contributed by atoms with E-state index < -0.39 is 0 Å². The largest absolute Gasteiger partial charge is 0.356 e. The van der Waals surface area contributed by atoms with Gasteiger partial charge < -0.3 is 9.84 Å². The predicted molar refractivity (Wildman–Crippen MR) is 80.8 cm³/mol. The number of carbonyl (C=O) groups is 1. The van der Waals surface area contributed by atoms with Crippen LogP contribution >= 0.6 is 0 Å². The van der Waals surface area contributed by atoms with Crippen molar-refractivity contribution in [2.75, 3.05) is 6.54 Å². The number of nitrogens with zero attached hydrogens (tertiary/aromatic N) is 3. The van der Waals surface area contributed by atoms with Crippen LogP contribution in [0.1, 0.15) is 37.9 Å². The topological polar surface area (TPSA) is 80.9 Å². The summed E-state index contributed by atoms with van der Waals surface area (Å²) in [5.74, 6) is 1.79. The Kier molecular flexibility index (Phi) is 4.78. The van der Waals surface area contributed by atoms with Crippen molar-refractivity contribution in [3.63, 3.8) is 0 Å². The average molecular weight is 300 g/mol. The molecule has 6 heteroatoms. The number of nitrogens with one attached hydrogen (secondary N) is 1. The van der Waals surface area contributed by atoms with Gasteiger partial charge in [0.2, 0.25) is 5.91 Å². The number of aromatic nitrogens is 3. The Balaban J connectivity index is 1.44. The highest BCUT2D eigenvalue weighted by Crippen LogP contribution is 2.27. The van der Waals surface area contributed by atoms with E-state index in [1.165, 1.54) is 25.7 Å². The predicted octanol–water partition coefficient (Wildman–Crippen LogP) is 2.37. The van der Waals surface area contributed by atoms with Crippen LogP contribution in [0.5, 0.6) is 0 Å². The van der Waals surface area contributed by atoms with E-state index in [1.54, 1.807) is 12.4 Å². The van der Waals surface area contributed by atoms with Crippen LogP contribution in [0.3, 0.4) is 0 Å². The summed E-state index contributed by atoms with van der Waals surface area (Å²) in [4.78, 5) is 20.1. The van der Waals surface area contributed by atoms with Crippen LogP contribution in [0.25, 0.3) is 11.5 Å². The van der Waals surface area contributed by atoms with E-state index >= 15 is 0 Å². The van der Waals surface area contributed by atoms with Crippen molar-refractivity contribution < 1.29 is 9.32 Å². The third-order valence-electron chi connectivity index (χ3n) is 4.01. The zero-order chi connectivity index (χ0) is 15.2. The summed E-state index contributed by atoms with van der Waals surface area (Å²) in [6.45, 7) is 0.543. The average Bonchev–Trinajstić information content (AvgIpc) is 3.20. The van der Waals surface area contributed by atoms with E-state index in [2.05, 4.69) is 20.4 Å². The molecule has 2 aromatic rings. The Morgan fingerprint density at radius 1 is 1.27 bits per heavy atom. The molecular weight excluding hydrogens is 280 g/mol. The summed E-state index contributed by atoms with van der Waals surface area (Å²) in [7, 11) is 0. The molecule has 3 rings (SSSR count). The number of pyridine rings is 1. The molecule has 0 aromatic carbocycles. The molecule has 22 heavy (non-hydrogen) atoms. The maximum absolute atomic E-state index is 11.8. The quantitative estimate of drug-likeness (QED) is 0.885. The van der Waals surface area contributed by atoms with Crippen LogP contribution in [-0.2, 0) is 11.2 Å². The van der Waals surface area contributed by atoms with Gasteiger partial charge in [-0.25, -0.2) is 0 Å². The fourth-order valence-electron chi connectivity index (χ4n) is 2.83. The van der Waals surface area contributed by atoms with Crippen molar-refractivity contribution in [2.45, 2.75) is 38.5 Å². The summed E-state index contributed by atoms with van der Waals surface area (Å²) in [6.07, 6.45) is 9.49. The van der Waals surface area contributed by atoms with Gasteiger partial charge in [0.05, 0.1) is 0 Å². The maximum atomic E-state index is 11.8. The minimum Gasteiger partial charge on any atom is -0.356 e. The van der Waals surface area contributed by atoms with Gasteiger partial charge in [-0.05, 0) is 30.9 Å². The molecule has 1 saturated carbocycles. The Hall–Kier alpha value is -2.24. The molecule has 1 aliphatic rings. The molecule has 116 valence electrons. The van der Waals surface area contributed by atoms with E-state index in [0.29, 0.717) is 37.0 Å². The van der Waals surface area contributed by atoms with E-state index in [-0.39, 0.29) is 5.91 Å². The number of hydrogen-bond acceptors (Lipinski definition) is 5. The van der Waals surface area contributed by atoms with Gasteiger partial charge >= 0.3 is 0 Å². The fourth-order valence-corrected chi connectivity index (χ4v) is 2.83. The maximum Gasteiger partial charge on any atom is 0.258 e. The molecule has 1 N–H and O–H groups in total. The van der Waals surface area contributed by atoms with Crippen molar-refractivity contribution in [2.24, 2.45) is 5.92 Å². The zero-order valence-electron chi connectivity index (χ0n) is 12.5. The van der Waals surface area contributed by atoms with Crippen LogP contribution in [0.4, 0.5) is 0 Å². The van der Waals surface area contributed by atoms with Gasteiger partial charge in [-0.3, -0.25) is 9.78 Å². The normalized spacial score (nSPS) is 15.1. The third-order valence-corrected chi connectivity index (χ3v) is 4.01. The highest BCUT2D eigenvalue weighted by molar-refractivity contribution is 5.76. The summed E-state index contributed by atoms with van der Waals surface area (Å²) in [6, 6.07) is 3.64. The molecule has 2 aromatic heterocycles. The van der Waals surface area contributed by atoms with Gasteiger partial charge in [0, 0.05) is 37.3 Å². The minimum atomic E-state index is 0.129. The minimum absolute atomic E-state index is 0.129. The lowest BCUT2D eigenvalue weighted by atomic mass is 10.0. The van der Waals surface area contributed by atoms with Crippen molar-refractivity contribution in [3.05, 3.63) is 30.4 Å². The van der Waals surface area contributed by atoms with Crippen molar-refractivity contribution in [3.8, 4) is 11.5 Å². The first kappa shape index (κ1) is 14.7. The summed E-state index contributed by atoms with van der Waals surface area (Å²) < 4.78 is 5.21. The Morgan fingerprint density at radius 2 is 2.05 bits per heavy atom. The molecule has 1 amide bonds. The highest BCUT2D eigenvalue weighted by atomic mass is 16.5. The lowest BCUT2D eigenvalue weighted by molar-refractivity contribution is -0.121. The standard InChI is InChI=1S/C16H20N4O2/c21-15(11-12-3-1-2-4-12)18-10-7-14-19-16(22-20-14)13-5-8-17-9-6-13/h5-6,8-9,12H,1-4,7,10-11H2,(H,18,21). The first-order valence-corrected chi connectivity index (χ1v) is 7.81. The smallest absolute Gasteiger partial charge is 0.258 e. The van der Waals surface area contributed by atoms with Crippen LogP contribution in [0.15, 0.2) is 29.0 Å². The summed E-state index contributed by atoms with van der Waals surface area (Å²) in [5.41, 5.74) is 0.846. The molecule has 1 aliphatic carbocycles. The second-order valence-corrected chi connectivity index (χ2v) is 5.71. The van der Waals surface area contributed by atoms with Crippen LogP contribution in [-0.4, -0.2) is 27.6 Å². The Bertz CT molecular complexity index is 606. The number of rotatable bonds is 6. The summed E-state index contributed by atoms with van der Waals surface area (Å²) >= 11 is 0. The Morgan fingerprint density at radius 3 is 2.82 bits per heavy atom. The molecule has 0 atom stereocenters. The van der Waals surface area contributed by atoms with Crippen molar-refractivity contribution >= 4 is 5.91 Å². The van der Waals surface area contributed by atoms with Crippen molar-refractivity contribution in [1.82, 2.24) is 20.4 Å². The molecule has 0 radical (unpaired) electrons. The van der Waals surface area contributed by atoms with E-state index in [9.17, 15) is 4.79 Å². The molecule has 0 saturated heterocycles. The molecule has 0 bridgehead atoms. The van der Waals surface area contributed by atoms with E-state index in [1.807, 2.05) is 12.1 Å². The van der Waals surface area contributed by atoms with Gasteiger partial charge in [-0.2, -0.15) is 4.98 Å². The summed E-state index contributed by atoms with van der Waals surface area (Å²) in [5, 5.41) is 6.87. The first-order chi connectivity index (χ1) is 10.8. The van der Waals surface area contributed by atoms with Crippen LogP contribution < -0.4 is 5.32 Å². The molecule has 2 heterocycles. The first-order valence-electron chi connectivity index (χ1n) is 7.81.